The van der Waals surface area contributed by atoms with Crippen LogP contribution < -0.4 is 5.32 Å². The van der Waals surface area contributed by atoms with Gasteiger partial charge in [0.15, 0.2) is 0 Å². The first kappa shape index (κ1) is 38.3. The molecule has 0 heterocycles. The van der Waals surface area contributed by atoms with Crippen LogP contribution in [0.1, 0.15) is 165 Å². The van der Waals surface area contributed by atoms with Gasteiger partial charge >= 0.3 is 11.9 Å². The predicted octanol–water partition coefficient (Wildman–Crippen LogP) is 9.73. The second kappa shape index (κ2) is 13.5. The van der Waals surface area contributed by atoms with E-state index in [-0.39, 0.29) is 51.7 Å². The van der Waals surface area contributed by atoms with Gasteiger partial charge in [-0.25, -0.2) is 0 Å². The zero-order chi connectivity index (χ0) is 36.5. The zero-order valence-corrected chi connectivity index (χ0v) is 33.4. The van der Waals surface area contributed by atoms with Gasteiger partial charge in [-0.1, -0.05) is 78.9 Å². The molecule has 3 N–H and O–H groups in total. The SMILES string of the molecule is CC(C)C1=C2[C@H]3CC[C@@H]4[C@@]5(C)CC[C@H](OC(=O)CC(C)(C)C(=O)O)C(C)(C)[C@@H]5CC[C@@]4(C)[C@]3(C)CC[C@]2([C@H](O)CNCC2CCCCC2)CC1. The molecular weight excluding hydrogens is 622 g/mol. The van der Waals surface area contributed by atoms with Gasteiger partial charge in [0.25, 0.3) is 0 Å². The highest BCUT2D eigenvalue weighted by atomic mass is 16.5. The number of allylic oxidation sites excluding steroid dienone is 1. The molecule has 0 saturated heterocycles. The molecule has 6 aliphatic rings. The summed E-state index contributed by atoms with van der Waals surface area (Å²) in [5.41, 5.74) is 2.55. The number of carboxylic acid groups (broad SMARTS) is 1. The van der Waals surface area contributed by atoms with Gasteiger partial charge in [0, 0.05) is 17.4 Å². The van der Waals surface area contributed by atoms with Crippen LogP contribution in [-0.2, 0) is 14.3 Å². The third-order valence-electron chi connectivity index (χ3n) is 17.2. The third kappa shape index (κ3) is 6.05. The number of esters is 1. The van der Waals surface area contributed by atoms with Gasteiger partial charge in [-0.2, -0.15) is 0 Å². The molecule has 0 aromatic heterocycles. The lowest BCUT2D eigenvalue weighted by molar-refractivity contribution is -0.235. The Morgan fingerprint density at radius 1 is 0.860 bits per heavy atom. The lowest BCUT2D eigenvalue weighted by atomic mass is 9.33. The van der Waals surface area contributed by atoms with Crippen molar-refractivity contribution in [2.45, 2.75) is 177 Å². The molecule has 9 atom stereocenters. The Bertz CT molecular complexity index is 1330. The van der Waals surface area contributed by atoms with Gasteiger partial charge in [0.05, 0.1) is 17.9 Å². The van der Waals surface area contributed by atoms with E-state index >= 15 is 0 Å². The van der Waals surface area contributed by atoms with Crippen LogP contribution in [0.25, 0.3) is 0 Å². The average molecular weight is 696 g/mol. The molecule has 6 heteroatoms. The molecule has 5 saturated carbocycles. The number of aliphatic hydroxyl groups excluding tert-OH is 1. The van der Waals surface area contributed by atoms with E-state index in [1.807, 2.05) is 0 Å². The van der Waals surface area contributed by atoms with Crippen LogP contribution in [0.15, 0.2) is 11.1 Å². The van der Waals surface area contributed by atoms with Crippen LogP contribution in [-0.4, -0.2) is 47.4 Å². The summed E-state index contributed by atoms with van der Waals surface area (Å²) in [5.74, 6) is 1.55. The van der Waals surface area contributed by atoms with Crippen molar-refractivity contribution >= 4 is 11.9 Å². The first-order valence-electron chi connectivity index (χ1n) is 20.9. The van der Waals surface area contributed by atoms with Crippen LogP contribution in [0.4, 0.5) is 0 Å². The van der Waals surface area contributed by atoms with Gasteiger partial charge < -0.3 is 20.3 Å². The number of aliphatic hydroxyl groups is 1. The van der Waals surface area contributed by atoms with Gasteiger partial charge in [-0.15, -0.1) is 0 Å². The van der Waals surface area contributed by atoms with Gasteiger partial charge in [-0.05, 0) is 143 Å². The molecule has 0 aliphatic heterocycles. The topological polar surface area (TPSA) is 95.9 Å². The van der Waals surface area contributed by atoms with Gasteiger partial charge in [-0.3, -0.25) is 9.59 Å². The fourth-order valence-electron chi connectivity index (χ4n) is 14.1. The Morgan fingerprint density at radius 2 is 1.56 bits per heavy atom. The number of rotatable bonds is 10. The minimum absolute atomic E-state index is 0.0766. The van der Waals surface area contributed by atoms with E-state index in [1.54, 1.807) is 25.0 Å². The summed E-state index contributed by atoms with van der Waals surface area (Å²) in [5, 5.41) is 25.6. The number of carbonyl (C=O) groups excluding carboxylic acids is 1. The number of hydrogen-bond acceptors (Lipinski definition) is 5. The fourth-order valence-corrected chi connectivity index (χ4v) is 14.1. The standard InChI is InChI=1S/C44H73NO5/c1-28(2)30-17-22-44(34(46)27-45-26-29-13-11-10-12-14-29)24-23-42(8)31(37(30)44)15-16-33-41(7)20-19-35(50-36(47)25-39(3,4)38(48)49)40(5,6)32(41)18-21-43(33,42)9/h28-29,31-35,45-46H,10-27H2,1-9H3,(H,48,49)/t31-,32+,33-,34-,35+,41+,42-,43-,44+/m1/s1. The zero-order valence-electron chi connectivity index (χ0n) is 33.4. The smallest absolute Gasteiger partial charge is 0.309 e. The summed E-state index contributed by atoms with van der Waals surface area (Å²) in [6.07, 6.45) is 17.4. The third-order valence-corrected chi connectivity index (χ3v) is 17.2. The highest BCUT2D eigenvalue weighted by Crippen LogP contribution is 2.77. The number of carbonyl (C=O) groups is 2. The first-order valence-corrected chi connectivity index (χ1v) is 20.9. The molecule has 284 valence electrons. The van der Waals surface area contributed by atoms with Gasteiger partial charge in [0.2, 0.25) is 0 Å². The second-order valence-corrected chi connectivity index (χ2v) is 20.7. The summed E-state index contributed by atoms with van der Waals surface area (Å²) < 4.78 is 6.19. The quantitative estimate of drug-likeness (QED) is 0.156. The van der Waals surface area contributed by atoms with E-state index in [0.29, 0.717) is 23.7 Å². The molecule has 6 nitrogen and oxygen atoms in total. The van der Waals surface area contributed by atoms with Crippen LogP contribution in [0.3, 0.4) is 0 Å². The van der Waals surface area contributed by atoms with E-state index < -0.39 is 11.4 Å². The molecule has 0 aromatic rings. The summed E-state index contributed by atoms with van der Waals surface area (Å²) in [7, 11) is 0. The maximum Gasteiger partial charge on any atom is 0.309 e. The van der Waals surface area contributed by atoms with Crippen molar-refractivity contribution < 1.29 is 24.5 Å². The Kier molecular flexibility index (Phi) is 10.3. The van der Waals surface area contributed by atoms with Crippen LogP contribution in [0.2, 0.25) is 0 Å². The highest BCUT2D eigenvalue weighted by Gasteiger charge is 2.70. The highest BCUT2D eigenvalue weighted by molar-refractivity contribution is 5.81. The Balaban J connectivity index is 1.23. The minimum Gasteiger partial charge on any atom is -0.481 e. The van der Waals surface area contributed by atoms with E-state index in [0.717, 1.165) is 57.5 Å². The molecule has 0 amide bonds. The van der Waals surface area contributed by atoms with Crippen molar-refractivity contribution in [2.24, 2.45) is 62.1 Å². The second-order valence-electron chi connectivity index (χ2n) is 20.7. The number of nitrogens with one attached hydrogen (secondary N) is 1. The van der Waals surface area contributed by atoms with Crippen LogP contribution in [0, 0.1) is 62.1 Å². The van der Waals surface area contributed by atoms with E-state index in [1.165, 1.54) is 57.8 Å². The number of fused-ring (bicyclic) bond motifs is 7. The van der Waals surface area contributed by atoms with E-state index in [9.17, 15) is 19.8 Å². The molecule has 0 aromatic carbocycles. The number of hydrogen-bond donors (Lipinski definition) is 3. The predicted molar refractivity (Wildman–Crippen MR) is 200 cm³/mol. The summed E-state index contributed by atoms with van der Waals surface area (Å²) in [6.45, 7) is 22.3. The first-order chi connectivity index (χ1) is 23.3. The molecule has 6 rings (SSSR count). The average Bonchev–Trinajstić information content (AvgIpc) is 3.44. The minimum atomic E-state index is -1.13. The van der Waals surface area contributed by atoms with Crippen molar-refractivity contribution in [3.8, 4) is 0 Å². The maximum atomic E-state index is 13.1. The molecule has 0 bridgehead atoms. The monoisotopic (exact) mass is 696 g/mol. The van der Waals surface area contributed by atoms with Crippen LogP contribution in [0.5, 0.6) is 0 Å². The molecule has 5 fully saturated rings. The summed E-state index contributed by atoms with van der Waals surface area (Å²) >= 11 is 0. The Labute approximate surface area is 304 Å². The Hall–Kier alpha value is -1.40. The van der Waals surface area contributed by atoms with E-state index in [2.05, 4.69) is 53.8 Å². The van der Waals surface area contributed by atoms with Crippen molar-refractivity contribution in [1.29, 1.82) is 0 Å². The molecular formula is C44H73NO5. The lowest BCUT2D eigenvalue weighted by Gasteiger charge is -2.72. The lowest BCUT2D eigenvalue weighted by Crippen LogP contribution is -2.66. The fraction of sp³-hybridized carbons (Fsp3) is 0.909. The molecule has 0 unspecified atom stereocenters. The number of carboxylic acids is 1. The van der Waals surface area contributed by atoms with Crippen LogP contribution >= 0.6 is 0 Å². The molecule has 6 aliphatic carbocycles. The van der Waals surface area contributed by atoms with Crippen molar-refractivity contribution in [3.05, 3.63) is 11.1 Å². The molecule has 50 heavy (non-hydrogen) atoms. The van der Waals surface area contributed by atoms with E-state index in [4.69, 9.17) is 4.74 Å². The molecule has 0 spiro atoms. The summed E-state index contributed by atoms with van der Waals surface area (Å²) in [4.78, 5) is 24.8. The van der Waals surface area contributed by atoms with Crippen molar-refractivity contribution in [1.82, 2.24) is 5.32 Å². The van der Waals surface area contributed by atoms with Gasteiger partial charge in [0.1, 0.15) is 6.10 Å². The maximum absolute atomic E-state index is 13.1. The molecule has 0 radical (unpaired) electrons. The Morgan fingerprint density at radius 3 is 2.22 bits per heavy atom. The van der Waals surface area contributed by atoms with Crippen molar-refractivity contribution in [3.63, 3.8) is 0 Å². The van der Waals surface area contributed by atoms with Crippen molar-refractivity contribution in [2.75, 3.05) is 13.1 Å². The normalized spacial score (nSPS) is 40.8. The number of aliphatic carboxylic acids is 1. The summed E-state index contributed by atoms with van der Waals surface area (Å²) in [6, 6.07) is 0. The largest absolute Gasteiger partial charge is 0.481 e. The number of ether oxygens (including phenoxy) is 1.